The van der Waals surface area contributed by atoms with Gasteiger partial charge >= 0.3 is 12.1 Å². The number of carbonyl (C=O) groups excluding carboxylic acids is 3. The first kappa shape index (κ1) is 15.3. The Labute approximate surface area is 112 Å². The van der Waals surface area contributed by atoms with Crippen LogP contribution in [0.1, 0.15) is 26.7 Å². The average Bonchev–Trinajstić information content (AvgIpc) is 2.40. The van der Waals surface area contributed by atoms with E-state index in [-0.39, 0.29) is 12.5 Å². The number of methoxy groups -OCH3 is 1. The molecule has 0 saturated carbocycles. The van der Waals surface area contributed by atoms with Crippen molar-refractivity contribution in [2.45, 2.75) is 38.8 Å². The molecule has 7 heteroatoms. The molecule has 2 amide bonds. The first-order chi connectivity index (χ1) is 9.01. The number of nitrogens with zero attached hydrogens (tertiary/aromatic N) is 1. The Morgan fingerprint density at radius 1 is 1.53 bits per heavy atom. The number of alkyl carbamates (subject to hydrolysis) is 1. The monoisotopic (exact) mass is 272 g/mol. The molecule has 108 valence electrons. The Hall–Kier alpha value is -1.79. The Balaban J connectivity index is 2.67. The van der Waals surface area contributed by atoms with Gasteiger partial charge in [-0.2, -0.15) is 0 Å². The molecule has 2 atom stereocenters. The van der Waals surface area contributed by atoms with E-state index < -0.39 is 24.1 Å². The summed E-state index contributed by atoms with van der Waals surface area (Å²) in [6.07, 6.45) is 0.605. The second-order valence-electron chi connectivity index (χ2n) is 4.29. The lowest BCUT2D eigenvalue weighted by molar-refractivity contribution is -0.156. The molecule has 1 heterocycles. The van der Waals surface area contributed by atoms with Crippen molar-refractivity contribution >= 4 is 18.0 Å². The highest BCUT2D eigenvalue weighted by Gasteiger charge is 2.35. The van der Waals surface area contributed by atoms with Gasteiger partial charge in [0.1, 0.15) is 12.1 Å². The summed E-state index contributed by atoms with van der Waals surface area (Å²) in [5.41, 5.74) is 0. The van der Waals surface area contributed by atoms with E-state index in [0.717, 1.165) is 0 Å². The van der Waals surface area contributed by atoms with Gasteiger partial charge in [0.2, 0.25) is 5.91 Å². The predicted molar refractivity (Wildman–Crippen MR) is 66.4 cm³/mol. The van der Waals surface area contributed by atoms with Crippen molar-refractivity contribution in [3.63, 3.8) is 0 Å². The second-order valence-corrected chi connectivity index (χ2v) is 4.29. The lowest BCUT2D eigenvalue weighted by atomic mass is 10.0. The van der Waals surface area contributed by atoms with Gasteiger partial charge < -0.3 is 19.7 Å². The van der Waals surface area contributed by atoms with Gasteiger partial charge in [0.25, 0.3) is 0 Å². The average molecular weight is 272 g/mol. The molecule has 1 rings (SSSR count). The third kappa shape index (κ3) is 3.84. The molecule has 7 nitrogen and oxygen atoms in total. The van der Waals surface area contributed by atoms with E-state index in [0.29, 0.717) is 19.4 Å². The molecule has 0 aliphatic carbocycles. The zero-order valence-electron chi connectivity index (χ0n) is 11.5. The molecule has 0 aromatic carbocycles. The molecule has 1 aliphatic rings. The van der Waals surface area contributed by atoms with Crippen LogP contribution in [0.5, 0.6) is 0 Å². The number of hydrogen-bond acceptors (Lipinski definition) is 5. The smallest absolute Gasteiger partial charge is 0.407 e. The predicted octanol–water partition coefficient (Wildman–Crippen LogP) is 0.285. The third-order valence-electron chi connectivity index (χ3n) is 3.05. The maximum absolute atomic E-state index is 12.2. The molecule has 0 unspecified atom stereocenters. The molecule has 1 aliphatic heterocycles. The number of piperidine rings is 1. The molecule has 1 saturated heterocycles. The first-order valence-corrected chi connectivity index (χ1v) is 6.32. The van der Waals surface area contributed by atoms with E-state index in [2.05, 4.69) is 10.1 Å². The van der Waals surface area contributed by atoms with Crippen LogP contribution < -0.4 is 5.32 Å². The summed E-state index contributed by atoms with van der Waals surface area (Å²) in [6.45, 7) is 4.09. The summed E-state index contributed by atoms with van der Waals surface area (Å²) < 4.78 is 9.37. The van der Waals surface area contributed by atoms with Gasteiger partial charge in [-0.05, 0) is 26.7 Å². The highest BCUT2D eigenvalue weighted by Crippen LogP contribution is 2.15. The Morgan fingerprint density at radius 2 is 2.21 bits per heavy atom. The van der Waals surface area contributed by atoms with Crippen molar-refractivity contribution in [1.29, 1.82) is 0 Å². The van der Waals surface area contributed by atoms with E-state index in [4.69, 9.17) is 4.74 Å². The minimum Gasteiger partial charge on any atom is -0.464 e. The number of amides is 2. The molecular weight excluding hydrogens is 252 g/mol. The minimum absolute atomic E-state index is 0.273. The second kappa shape index (κ2) is 6.96. The number of likely N-dealkylation sites (tertiary alicyclic amines) is 1. The van der Waals surface area contributed by atoms with Crippen molar-refractivity contribution < 1.29 is 23.9 Å². The van der Waals surface area contributed by atoms with E-state index >= 15 is 0 Å². The molecule has 0 aromatic rings. The van der Waals surface area contributed by atoms with E-state index in [1.165, 1.54) is 12.0 Å². The molecule has 1 fully saturated rings. The number of esters is 1. The standard InChI is InChI=1S/C12H20N2O5/c1-4-19-11(16)8(2)14-7-5-6-9(10(14)15)13-12(17)18-3/h8-9H,4-7H2,1-3H3,(H,13,17)/t8-,9+/m0/s1. The number of nitrogens with one attached hydrogen (secondary N) is 1. The molecule has 1 N–H and O–H groups in total. The summed E-state index contributed by atoms with van der Waals surface area (Å²) in [5.74, 6) is -0.716. The highest BCUT2D eigenvalue weighted by atomic mass is 16.5. The van der Waals surface area contributed by atoms with Gasteiger partial charge in [0.05, 0.1) is 13.7 Å². The third-order valence-corrected chi connectivity index (χ3v) is 3.05. The molecular formula is C12H20N2O5. The van der Waals surface area contributed by atoms with Crippen LogP contribution in [-0.4, -0.2) is 55.2 Å². The highest BCUT2D eigenvalue weighted by molar-refractivity contribution is 5.90. The molecule has 0 radical (unpaired) electrons. The summed E-state index contributed by atoms with van der Waals surface area (Å²) in [6, 6.07) is -1.28. The zero-order chi connectivity index (χ0) is 14.4. The topological polar surface area (TPSA) is 84.9 Å². The zero-order valence-corrected chi connectivity index (χ0v) is 11.5. The maximum Gasteiger partial charge on any atom is 0.407 e. The Bertz CT molecular complexity index is 358. The summed E-state index contributed by atoms with van der Waals surface area (Å²) >= 11 is 0. The molecule has 0 bridgehead atoms. The fraction of sp³-hybridized carbons (Fsp3) is 0.750. The molecule has 19 heavy (non-hydrogen) atoms. The van der Waals surface area contributed by atoms with Crippen LogP contribution in [-0.2, 0) is 19.1 Å². The van der Waals surface area contributed by atoms with Crippen LogP contribution in [0.25, 0.3) is 0 Å². The fourth-order valence-corrected chi connectivity index (χ4v) is 2.01. The number of hydrogen-bond donors (Lipinski definition) is 1. The minimum atomic E-state index is -0.649. The van der Waals surface area contributed by atoms with Crippen LogP contribution >= 0.6 is 0 Å². The molecule has 0 aromatic heterocycles. The van der Waals surface area contributed by atoms with E-state index in [1.54, 1.807) is 13.8 Å². The SMILES string of the molecule is CCOC(=O)[C@H](C)N1CCC[C@@H](NC(=O)OC)C1=O. The van der Waals surface area contributed by atoms with Crippen molar-refractivity contribution in [3.05, 3.63) is 0 Å². The van der Waals surface area contributed by atoms with Gasteiger partial charge in [0.15, 0.2) is 0 Å². The Kier molecular flexibility index (Phi) is 5.59. The Morgan fingerprint density at radius 3 is 2.79 bits per heavy atom. The largest absolute Gasteiger partial charge is 0.464 e. The number of carbonyl (C=O) groups is 3. The summed E-state index contributed by atoms with van der Waals surface area (Å²) in [5, 5.41) is 2.47. The maximum atomic E-state index is 12.2. The van der Waals surface area contributed by atoms with Gasteiger partial charge in [-0.3, -0.25) is 4.79 Å². The summed E-state index contributed by atoms with van der Waals surface area (Å²) in [4.78, 5) is 36.4. The van der Waals surface area contributed by atoms with Crippen LogP contribution in [0.2, 0.25) is 0 Å². The number of ether oxygens (including phenoxy) is 2. The van der Waals surface area contributed by atoms with Gasteiger partial charge in [-0.1, -0.05) is 0 Å². The van der Waals surface area contributed by atoms with E-state index in [1.807, 2.05) is 0 Å². The number of rotatable bonds is 4. The quantitative estimate of drug-likeness (QED) is 0.743. The van der Waals surface area contributed by atoms with Crippen LogP contribution in [0, 0.1) is 0 Å². The molecule has 0 spiro atoms. The lowest BCUT2D eigenvalue weighted by Crippen LogP contribution is -2.56. The van der Waals surface area contributed by atoms with E-state index in [9.17, 15) is 14.4 Å². The van der Waals surface area contributed by atoms with Crippen molar-refractivity contribution in [1.82, 2.24) is 10.2 Å². The fourth-order valence-electron chi connectivity index (χ4n) is 2.01. The van der Waals surface area contributed by atoms with Crippen LogP contribution in [0.15, 0.2) is 0 Å². The van der Waals surface area contributed by atoms with Crippen molar-refractivity contribution in [3.8, 4) is 0 Å². The van der Waals surface area contributed by atoms with Crippen molar-refractivity contribution in [2.75, 3.05) is 20.3 Å². The summed E-state index contributed by atoms with van der Waals surface area (Å²) in [7, 11) is 1.24. The van der Waals surface area contributed by atoms with Crippen LogP contribution in [0.3, 0.4) is 0 Å². The van der Waals surface area contributed by atoms with Gasteiger partial charge in [0, 0.05) is 6.54 Å². The van der Waals surface area contributed by atoms with Crippen LogP contribution in [0.4, 0.5) is 4.79 Å². The first-order valence-electron chi connectivity index (χ1n) is 6.32. The van der Waals surface area contributed by atoms with Crippen molar-refractivity contribution in [2.24, 2.45) is 0 Å². The van der Waals surface area contributed by atoms with Gasteiger partial charge in [-0.15, -0.1) is 0 Å². The normalized spacial score (nSPS) is 20.7. The van der Waals surface area contributed by atoms with Gasteiger partial charge in [-0.25, -0.2) is 9.59 Å². The lowest BCUT2D eigenvalue weighted by Gasteiger charge is -2.35.